The Balaban J connectivity index is 1.46. The lowest BCUT2D eigenvalue weighted by Gasteiger charge is -2.13. The monoisotopic (exact) mass is 429 g/mol. The van der Waals surface area contributed by atoms with Crippen molar-refractivity contribution in [1.82, 2.24) is 10.7 Å². The molecule has 0 saturated carbocycles. The maximum Gasteiger partial charge on any atom is 0.287 e. The summed E-state index contributed by atoms with van der Waals surface area (Å²) in [6.07, 6.45) is 3.08. The number of hydrogen-bond acceptors (Lipinski definition) is 4. The average Bonchev–Trinajstić information content (AvgIpc) is 3.16. The van der Waals surface area contributed by atoms with E-state index in [1.165, 1.54) is 5.56 Å². The standard InChI is InChI=1S/C26H27N3O3/c1-17-11-13-20(14-12-17)25(30)29-28-21-9-6-10-22-23(21)18(2)24(32-22)26(31)27-16-15-19-7-4-3-5-8-19/h3-5,7-8,11-14H,6,9-10,15-16H2,1-2H3,(H,27,31)(H,29,30)/b28-21+. The quantitative estimate of drug-likeness (QED) is 0.572. The van der Waals surface area contributed by atoms with Gasteiger partial charge in [0.1, 0.15) is 5.76 Å². The van der Waals surface area contributed by atoms with Crippen LogP contribution in [0.15, 0.2) is 64.1 Å². The number of benzene rings is 2. The Morgan fingerprint density at radius 1 is 0.969 bits per heavy atom. The third-order valence-corrected chi connectivity index (χ3v) is 5.68. The molecule has 0 aliphatic heterocycles. The van der Waals surface area contributed by atoms with Crippen molar-refractivity contribution in [2.24, 2.45) is 5.10 Å². The number of hydrogen-bond donors (Lipinski definition) is 2. The molecule has 0 bridgehead atoms. The van der Waals surface area contributed by atoms with E-state index in [4.69, 9.17) is 4.42 Å². The van der Waals surface area contributed by atoms with Crippen LogP contribution in [-0.2, 0) is 12.8 Å². The number of fused-ring (bicyclic) bond motifs is 1. The Labute approximate surface area is 187 Å². The van der Waals surface area contributed by atoms with Crippen molar-refractivity contribution in [1.29, 1.82) is 0 Å². The molecule has 2 amide bonds. The first-order valence-electron chi connectivity index (χ1n) is 10.9. The lowest BCUT2D eigenvalue weighted by molar-refractivity contribution is 0.0922. The highest BCUT2D eigenvalue weighted by atomic mass is 16.4. The minimum absolute atomic E-state index is 0.226. The van der Waals surface area contributed by atoms with Gasteiger partial charge in [-0.25, -0.2) is 5.43 Å². The highest BCUT2D eigenvalue weighted by molar-refractivity contribution is 6.07. The molecule has 0 spiro atoms. The Kier molecular flexibility index (Phi) is 6.50. The summed E-state index contributed by atoms with van der Waals surface area (Å²) in [7, 11) is 0. The fourth-order valence-corrected chi connectivity index (χ4v) is 3.93. The molecule has 0 saturated heterocycles. The number of amides is 2. The molecule has 4 rings (SSSR count). The molecular formula is C26H27N3O3. The number of carbonyl (C=O) groups excluding carboxylic acids is 2. The van der Waals surface area contributed by atoms with Crippen molar-refractivity contribution in [3.8, 4) is 0 Å². The Bertz CT molecular complexity index is 1150. The predicted molar refractivity (Wildman–Crippen MR) is 124 cm³/mol. The second kappa shape index (κ2) is 9.64. The summed E-state index contributed by atoms with van der Waals surface area (Å²) in [6, 6.07) is 17.4. The van der Waals surface area contributed by atoms with E-state index in [1.807, 2.05) is 56.3 Å². The molecule has 6 heteroatoms. The second-order valence-electron chi connectivity index (χ2n) is 8.06. The lowest BCUT2D eigenvalue weighted by Crippen LogP contribution is -2.26. The molecule has 3 aromatic rings. The lowest BCUT2D eigenvalue weighted by atomic mass is 9.93. The zero-order valence-corrected chi connectivity index (χ0v) is 18.4. The zero-order chi connectivity index (χ0) is 22.5. The molecule has 0 radical (unpaired) electrons. The van der Waals surface area contributed by atoms with Gasteiger partial charge >= 0.3 is 0 Å². The predicted octanol–water partition coefficient (Wildman–Crippen LogP) is 4.34. The highest BCUT2D eigenvalue weighted by Crippen LogP contribution is 2.29. The first-order chi connectivity index (χ1) is 15.5. The van der Waals surface area contributed by atoms with Gasteiger partial charge < -0.3 is 9.73 Å². The summed E-state index contributed by atoms with van der Waals surface area (Å²) in [5.41, 5.74) is 7.82. The SMILES string of the molecule is Cc1ccc(C(=O)N/N=C2\CCCc3oc(C(=O)NCCc4ccccc4)c(C)c32)cc1. The number of nitrogens with one attached hydrogen (secondary N) is 2. The maximum atomic E-state index is 12.7. The zero-order valence-electron chi connectivity index (χ0n) is 18.4. The maximum absolute atomic E-state index is 12.7. The summed E-state index contributed by atoms with van der Waals surface area (Å²) in [5.74, 6) is 0.591. The van der Waals surface area contributed by atoms with Crippen molar-refractivity contribution < 1.29 is 14.0 Å². The van der Waals surface area contributed by atoms with Crippen LogP contribution in [0.5, 0.6) is 0 Å². The number of nitrogens with zero attached hydrogens (tertiary/aromatic N) is 1. The molecule has 6 nitrogen and oxygen atoms in total. The molecule has 164 valence electrons. The van der Waals surface area contributed by atoms with Gasteiger partial charge in [0.25, 0.3) is 11.8 Å². The molecular weight excluding hydrogens is 402 g/mol. The molecule has 1 aromatic heterocycles. The van der Waals surface area contributed by atoms with E-state index < -0.39 is 0 Å². The van der Waals surface area contributed by atoms with Gasteiger partial charge in [0.2, 0.25) is 0 Å². The summed E-state index contributed by atoms with van der Waals surface area (Å²) in [5, 5.41) is 7.33. The fraction of sp³-hybridized carbons (Fsp3) is 0.269. The van der Waals surface area contributed by atoms with Crippen LogP contribution in [-0.4, -0.2) is 24.1 Å². The Morgan fingerprint density at radius 2 is 1.72 bits per heavy atom. The molecule has 1 aliphatic carbocycles. The van der Waals surface area contributed by atoms with Crippen LogP contribution < -0.4 is 10.7 Å². The van der Waals surface area contributed by atoms with Crippen LogP contribution in [0.2, 0.25) is 0 Å². The van der Waals surface area contributed by atoms with Gasteiger partial charge in [0.15, 0.2) is 5.76 Å². The van der Waals surface area contributed by atoms with Gasteiger partial charge in [-0.1, -0.05) is 48.0 Å². The molecule has 0 unspecified atom stereocenters. The summed E-state index contributed by atoms with van der Waals surface area (Å²) < 4.78 is 5.93. The van der Waals surface area contributed by atoms with Crippen molar-refractivity contribution >= 4 is 17.5 Å². The van der Waals surface area contributed by atoms with Gasteiger partial charge in [0, 0.05) is 29.7 Å². The van der Waals surface area contributed by atoms with Gasteiger partial charge in [-0.05, 0) is 50.8 Å². The molecule has 2 aromatic carbocycles. The highest BCUT2D eigenvalue weighted by Gasteiger charge is 2.28. The third kappa shape index (κ3) is 4.80. The normalized spacial score (nSPS) is 14.1. The van der Waals surface area contributed by atoms with E-state index in [0.29, 0.717) is 17.9 Å². The molecule has 0 atom stereocenters. The molecule has 0 fully saturated rings. The number of rotatable bonds is 6. The fourth-order valence-electron chi connectivity index (χ4n) is 3.93. The van der Waals surface area contributed by atoms with Gasteiger partial charge in [-0.3, -0.25) is 9.59 Å². The first-order valence-corrected chi connectivity index (χ1v) is 10.9. The average molecular weight is 430 g/mol. The Hall–Kier alpha value is -3.67. The van der Waals surface area contributed by atoms with E-state index in [0.717, 1.165) is 53.8 Å². The minimum Gasteiger partial charge on any atom is -0.455 e. The number of carbonyl (C=O) groups is 2. The van der Waals surface area contributed by atoms with Gasteiger partial charge in [0.05, 0.1) is 5.71 Å². The summed E-state index contributed by atoms with van der Waals surface area (Å²) in [4.78, 5) is 25.2. The first kappa shape index (κ1) is 21.6. The second-order valence-corrected chi connectivity index (χ2v) is 8.06. The van der Waals surface area contributed by atoms with Crippen LogP contribution in [0, 0.1) is 13.8 Å². The van der Waals surface area contributed by atoms with E-state index in [2.05, 4.69) is 15.8 Å². The largest absolute Gasteiger partial charge is 0.455 e. The smallest absolute Gasteiger partial charge is 0.287 e. The number of aryl methyl sites for hydroxylation is 2. The Morgan fingerprint density at radius 3 is 2.47 bits per heavy atom. The van der Waals surface area contributed by atoms with E-state index in [-0.39, 0.29) is 11.8 Å². The third-order valence-electron chi connectivity index (χ3n) is 5.68. The van der Waals surface area contributed by atoms with E-state index in [9.17, 15) is 9.59 Å². The summed E-state index contributed by atoms with van der Waals surface area (Å²) >= 11 is 0. The molecule has 2 N–H and O–H groups in total. The van der Waals surface area contributed by atoms with Crippen molar-refractivity contribution in [3.63, 3.8) is 0 Å². The molecule has 32 heavy (non-hydrogen) atoms. The van der Waals surface area contributed by atoms with Crippen molar-refractivity contribution in [3.05, 3.63) is 93.9 Å². The van der Waals surface area contributed by atoms with Crippen LogP contribution in [0.1, 0.15) is 61.8 Å². The van der Waals surface area contributed by atoms with Gasteiger partial charge in [-0.2, -0.15) is 5.10 Å². The van der Waals surface area contributed by atoms with Gasteiger partial charge in [-0.15, -0.1) is 0 Å². The van der Waals surface area contributed by atoms with Crippen LogP contribution in [0.4, 0.5) is 0 Å². The molecule has 1 heterocycles. The number of hydrazone groups is 1. The van der Waals surface area contributed by atoms with E-state index in [1.54, 1.807) is 12.1 Å². The van der Waals surface area contributed by atoms with E-state index >= 15 is 0 Å². The van der Waals surface area contributed by atoms with Crippen molar-refractivity contribution in [2.75, 3.05) is 6.54 Å². The van der Waals surface area contributed by atoms with Crippen LogP contribution in [0.25, 0.3) is 0 Å². The minimum atomic E-state index is -0.260. The van der Waals surface area contributed by atoms with Crippen molar-refractivity contribution in [2.45, 2.75) is 39.5 Å². The van der Waals surface area contributed by atoms with Crippen LogP contribution in [0.3, 0.4) is 0 Å². The summed E-state index contributed by atoms with van der Waals surface area (Å²) in [6.45, 7) is 4.38. The molecule has 1 aliphatic rings. The van der Waals surface area contributed by atoms with Crippen LogP contribution >= 0.6 is 0 Å². The topological polar surface area (TPSA) is 83.7 Å². The number of furan rings is 1.